The Kier molecular flexibility index (Phi) is 3.84. The minimum Gasteiger partial charge on any atom is -0.0863 e. The van der Waals surface area contributed by atoms with Crippen LogP contribution in [0.15, 0.2) is 22.7 Å². The highest BCUT2D eigenvalue weighted by Gasteiger charge is 1.94. The average Bonchev–Trinajstić information content (AvgIpc) is 2.07. The van der Waals surface area contributed by atoms with E-state index in [0.717, 1.165) is 15.4 Å². The third kappa shape index (κ3) is 2.66. The molecule has 0 atom stereocenters. The van der Waals surface area contributed by atoms with Gasteiger partial charge in [-0.3, -0.25) is 0 Å². The summed E-state index contributed by atoms with van der Waals surface area (Å²) in [5.74, 6) is 6.05. The van der Waals surface area contributed by atoms with Gasteiger partial charge in [0.25, 0.3) is 0 Å². The molecule has 0 aromatic heterocycles. The fourth-order valence-corrected chi connectivity index (χ4v) is 1.36. The molecule has 0 radical (unpaired) electrons. The van der Waals surface area contributed by atoms with Crippen molar-refractivity contribution in [2.45, 2.75) is 6.92 Å². The van der Waals surface area contributed by atoms with Crippen molar-refractivity contribution in [2.75, 3.05) is 5.33 Å². The second kappa shape index (κ2) is 4.69. The summed E-state index contributed by atoms with van der Waals surface area (Å²) in [5.41, 5.74) is 2.30. The van der Waals surface area contributed by atoms with E-state index < -0.39 is 0 Å². The maximum atomic E-state index is 3.41. The van der Waals surface area contributed by atoms with Crippen LogP contribution in [0.1, 0.15) is 11.1 Å². The van der Waals surface area contributed by atoms with Gasteiger partial charge < -0.3 is 0 Å². The first-order chi connectivity index (χ1) is 5.74. The molecule has 0 nitrogen and oxygen atoms in total. The smallest absolute Gasteiger partial charge is 0.0649 e. The standard InChI is InChI=1S/C10H8Br2/c1-8-4-5-10(12)7-9(8)3-2-6-11/h4-5,7H,6H2,1H3. The molecule has 62 valence electrons. The van der Waals surface area contributed by atoms with Gasteiger partial charge in [0.15, 0.2) is 0 Å². The topological polar surface area (TPSA) is 0 Å². The van der Waals surface area contributed by atoms with Crippen LogP contribution < -0.4 is 0 Å². The van der Waals surface area contributed by atoms with Gasteiger partial charge in [0, 0.05) is 10.0 Å². The Balaban J connectivity index is 3.05. The van der Waals surface area contributed by atoms with Crippen molar-refractivity contribution >= 4 is 31.9 Å². The second-order valence-corrected chi connectivity index (χ2v) is 3.87. The van der Waals surface area contributed by atoms with E-state index in [-0.39, 0.29) is 0 Å². The van der Waals surface area contributed by atoms with Gasteiger partial charge in [-0.05, 0) is 24.6 Å². The summed E-state index contributed by atoms with van der Waals surface area (Å²) in [6.45, 7) is 2.06. The molecule has 12 heavy (non-hydrogen) atoms. The van der Waals surface area contributed by atoms with Crippen molar-refractivity contribution in [3.8, 4) is 11.8 Å². The van der Waals surface area contributed by atoms with E-state index in [1.54, 1.807) is 0 Å². The van der Waals surface area contributed by atoms with E-state index in [4.69, 9.17) is 0 Å². The van der Waals surface area contributed by atoms with Crippen LogP contribution in [0, 0.1) is 18.8 Å². The normalized spacial score (nSPS) is 8.92. The van der Waals surface area contributed by atoms with Crippen LogP contribution in [0.5, 0.6) is 0 Å². The van der Waals surface area contributed by atoms with Crippen molar-refractivity contribution in [3.63, 3.8) is 0 Å². The molecule has 0 N–H and O–H groups in total. The highest BCUT2D eigenvalue weighted by atomic mass is 79.9. The monoisotopic (exact) mass is 286 g/mol. The van der Waals surface area contributed by atoms with Crippen LogP contribution in [0.2, 0.25) is 0 Å². The van der Waals surface area contributed by atoms with Crippen LogP contribution in [0.4, 0.5) is 0 Å². The van der Waals surface area contributed by atoms with E-state index in [1.807, 2.05) is 12.1 Å². The molecule has 0 unspecified atom stereocenters. The van der Waals surface area contributed by atoms with Gasteiger partial charge in [0.1, 0.15) is 0 Å². The second-order valence-electron chi connectivity index (χ2n) is 2.39. The lowest BCUT2D eigenvalue weighted by Gasteiger charge is -1.97. The number of alkyl halides is 1. The Morgan fingerprint density at radius 3 is 2.83 bits per heavy atom. The van der Waals surface area contributed by atoms with E-state index in [1.165, 1.54) is 5.56 Å². The zero-order valence-electron chi connectivity index (χ0n) is 6.70. The van der Waals surface area contributed by atoms with Crippen molar-refractivity contribution in [1.82, 2.24) is 0 Å². The zero-order valence-corrected chi connectivity index (χ0v) is 9.87. The fourth-order valence-electron chi connectivity index (χ4n) is 0.858. The van der Waals surface area contributed by atoms with Crippen LogP contribution in [-0.4, -0.2) is 5.33 Å². The molecule has 1 aromatic carbocycles. The van der Waals surface area contributed by atoms with Gasteiger partial charge >= 0.3 is 0 Å². The lowest BCUT2D eigenvalue weighted by atomic mass is 10.1. The summed E-state index contributed by atoms with van der Waals surface area (Å²) < 4.78 is 1.08. The number of hydrogen-bond donors (Lipinski definition) is 0. The summed E-state index contributed by atoms with van der Waals surface area (Å²) in [7, 11) is 0. The van der Waals surface area contributed by atoms with Gasteiger partial charge in [0.05, 0.1) is 5.33 Å². The Labute approximate surface area is 89.6 Å². The summed E-state index contributed by atoms with van der Waals surface area (Å²) in [5, 5.41) is 0.721. The number of rotatable bonds is 0. The first-order valence-electron chi connectivity index (χ1n) is 3.55. The van der Waals surface area contributed by atoms with Gasteiger partial charge in [-0.1, -0.05) is 49.8 Å². The lowest BCUT2D eigenvalue weighted by Crippen LogP contribution is -1.81. The van der Waals surface area contributed by atoms with Crippen LogP contribution in [-0.2, 0) is 0 Å². The van der Waals surface area contributed by atoms with Gasteiger partial charge in [0.2, 0.25) is 0 Å². The largest absolute Gasteiger partial charge is 0.0863 e. The van der Waals surface area contributed by atoms with Crippen LogP contribution in [0.3, 0.4) is 0 Å². The molecule has 0 amide bonds. The summed E-state index contributed by atoms with van der Waals surface area (Å²) in [6.07, 6.45) is 0. The quantitative estimate of drug-likeness (QED) is 0.506. The first-order valence-corrected chi connectivity index (χ1v) is 5.46. The molecule has 0 aliphatic carbocycles. The maximum Gasteiger partial charge on any atom is 0.0649 e. The Hall–Kier alpha value is -0.260. The Bertz CT molecular complexity index is 331. The van der Waals surface area contributed by atoms with Crippen molar-refractivity contribution < 1.29 is 0 Å². The minimum absolute atomic E-state index is 0.721. The van der Waals surface area contributed by atoms with Crippen molar-refractivity contribution in [3.05, 3.63) is 33.8 Å². The molecular formula is C10H8Br2. The molecule has 0 fully saturated rings. The fraction of sp³-hybridized carbons (Fsp3) is 0.200. The molecule has 0 saturated heterocycles. The molecule has 1 rings (SSSR count). The van der Waals surface area contributed by atoms with E-state index in [0.29, 0.717) is 0 Å². The molecule has 0 bridgehead atoms. The number of hydrogen-bond acceptors (Lipinski definition) is 0. The molecular weight excluding hydrogens is 280 g/mol. The Morgan fingerprint density at radius 2 is 2.17 bits per heavy atom. The lowest BCUT2D eigenvalue weighted by molar-refractivity contribution is 1.42. The predicted molar refractivity (Wildman–Crippen MR) is 59.6 cm³/mol. The molecule has 2 heteroatoms. The van der Waals surface area contributed by atoms with Gasteiger partial charge in [-0.25, -0.2) is 0 Å². The molecule has 0 saturated carbocycles. The maximum absolute atomic E-state index is 3.41. The van der Waals surface area contributed by atoms with Crippen LogP contribution >= 0.6 is 31.9 Å². The summed E-state index contributed by atoms with van der Waals surface area (Å²) >= 11 is 6.67. The zero-order chi connectivity index (χ0) is 8.97. The number of benzene rings is 1. The number of aryl methyl sites for hydroxylation is 1. The first kappa shape index (κ1) is 9.83. The highest BCUT2D eigenvalue weighted by Crippen LogP contribution is 2.14. The summed E-state index contributed by atoms with van der Waals surface area (Å²) in [6, 6.07) is 6.11. The molecule has 0 aliphatic rings. The van der Waals surface area contributed by atoms with E-state index in [2.05, 4.69) is 56.7 Å². The van der Waals surface area contributed by atoms with E-state index in [9.17, 15) is 0 Å². The molecule has 0 spiro atoms. The third-order valence-electron chi connectivity index (χ3n) is 1.49. The predicted octanol–water partition coefficient (Wildman–Crippen LogP) is 3.50. The third-order valence-corrected chi connectivity index (χ3v) is 2.26. The molecule has 0 heterocycles. The molecule has 0 aliphatic heterocycles. The minimum atomic E-state index is 0.721. The van der Waals surface area contributed by atoms with Gasteiger partial charge in [-0.15, -0.1) is 0 Å². The Morgan fingerprint density at radius 1 is 1.42 bits per heavy atom. The van der Waals surface area contributed by atoms with Gasteiger partial charge in [-0.2, -0.15) is 0 Å². The highest BCUT2D eigenvalue weighted by molar-refractivity contribution is 9.10. The summed E-state index contributed by atoms with van der Waals surface area (Å²) in [4.78, 5) is 0. The van der Waals surface area contributed by atoms with Crippen molar-refractivity contribution in [2.24, 2.45) is 0 Å². The van der Waals surface area contributed by atoms with Crippen molar-refractivity contribution in [1.29, 1.82) is 0 Å². The molecule has 1 aromatic rings. The average molecular weight is 288 g/mol. The van der Waals surface area contributed by atoms with E-state index >= 15 is 0 Å². The SMILES string of the molecule is Cc1ccc(Br)cc1C#CCBr. The number of halogens is 2. The van der Waals surface area contributed by atoms with Crippen LogP contribution in [0.25, 0.3) is 0 Å².